The van der Waals surface area contributed by atoms with E-state index in [2.05, 4.69) is 28.5 Å². The van der Waals surface area contributed by atoms with Crippen LogP contribution in [0.25, 0.3) is 16.9 Å². The van der Waals surface area contributed by atoms with Gasteiger partial charge >= 0.3 is 5.97 Å². The molecule has 6 rings (SSSR count). The molecule has 10 heteroatoms. The highest BCUT2D eigenvalue weighted by atomic mass is 32.1. The zero-order chi connectivity index (χ0) is 28.2. The van der Waals surface area contributed by atoms with E-state index >= 15 is 4.39 Å². The second-order valence-corrected chi connectivity index (χ2v) is 11.9. The molecule has 8 nitrogen and oxygen atoms in total. The number of carbonyl (C=O) groups is 2. The number of aromatic nitrogens is 3. The lowest BCUT2D eigenvalue weighted by atomic mass is 9.90. The number of ether oxygens (including phenoxy) is 1. The number of amides is 1. The summed E-state index contributed by atoms with van der Waals surface area (Å²) in [4.78, 5) is 35.7. The van der Waals surface area contributed by atoms with E-state index in [4.69, 9.17) is 4.74 Å². The van der Waals surface area contributed by atoms with E-state index in [9.17, 15) is 9.59 Å². The highest BCUT2D eigenvalue weighted by Gasteiger charge is 2.41. The molecule has 208 valence electrons. The molecule has 2 aliphatic heterocycles. The largest absolute Gasteiger partial charge is 0.469 e. The van der Waals surface area contributed by atoms with Crippen LogP contribution in [0.2, 0.25) is 0 Å². The number of fused-ring (bicyclic) bond motifs is 2. The van der Waals surface area contributed by atoms with Crippen LogP contribution in [0, 0.1) is 11.2 Å². The average molecular weight is 562 g/mol. The molecular weight excluding hydrogens is 529 g/mol. The van der Waals surface area contributed by atoms with Crippen LogP contribution < -0.4 is 4.90 Å². The van der Waals surface area contributed by atoms with Gasteiger partial charge in [0.05, 0.1) is 24.3 Å². The molecule has 0 radical (unpaired) electrons. The van der Waals surface area contributed by atoms with Gasteiger partial charge in [0.25, 0.3) is 5.91 Å². The minimum absolute atomic E-state index is 0.0141. The van der Waals surface area contributed by atoms with Gasteiger partial charge in [-0.05, 0) is 74.4 Å². The van der Waals surface area contributed by atoms with Crippen molar-refractivity contribution in [3.05, 3.63) is 69.4 Å². The first-order valence-corrected chi connectivity index (χ1v) is 14.5. The maximum Gasteiger partial charge on any atom is 0.313 e. The van der Waals surface area contributed by atoms with Crippen molar-refractivity contribution in [2.24, 2.45) is 5.41 Å². The minimum atomic E-state index is -0.610. The lowest BCUT2D eigenvalue weighted by molar-refractivity contribution is -0.150. The molecule has 0 spiro atoms. The standard InChI is InChI=1S/C30H32FN5O3S/c1-5-19-15-25(28(37)35-11-8-26-21(18(35)2)9-13-40-26)32-27-16-24(33-36(19)27)22-7-6-20(14-23(22)31)34-12-10-30(3,17-34)29(38)39-4/h6-7,9,13-16,18H,5,8,10-12,17H2,1-4H3/t18-,30?/m1/s1. The Morgan fingerprint density at radius 1 is 1.20 bits per heavy atom. The van der Waals surface area contributed by atoms with Crippen LogP contribution in [0.4, 0.5) is 10.1 Å². The molecule has 2 aliphatic rings. The number of hydrogen-bond acceptors (Lipinski definition) is 7. The zero-order valence-electron chi connectivity index (χ0n) is 23.1. The van der Waals surface area contributed by atoms with Crippen LogP contribution in [0.5, 0.6) is 0 Å². The van der Waals surface area contributed by atoms with E-state index in [1.807, 2.05) is 29.7 Å². The van der Waals surface area contributed by atoms with Crippen molar-refractivity contribution < 1.29 is 18.7 Å². The van der Waals surface area contributed by atoms with Crippen LogP contribution in [0.15, 0.2) is 41.8 Å². The van der Waals surface area contributed by atoms with Crippen molar-refractivity contribution in [2.45, 2.75) is 46.1 Å². The quantitative estimate of drug-likeness (QED) is 0.308. The third-order valence-electron chi connectivity index (χ3n) is 8.37. The van der Waals surface area contributed by atoms with Gasteiger partial charge in [-0.3, -0.25) is 9.59 Å². The summed E-state index contributed by atoms with van der Waals surface area (Å²) in [6, 6.07) is 10.7. The summed E-state index contributed by atoms with van der Waals surface area (Å²) in [6.07, 6.45) is 2.13. The second kappa shape index (κ2) is 9.99. The number of rotatable bonds is 5. The normalized spacial score (nSPS) is 20.7. The van der Waals surface area contributed by atoms with Gasteiger partial charge in [0.2, 0.25) is 0 Å². The zero-order valence-corrected chi connectivity index (χ0v) is 23.9. The molecular formula is C30H32FN5O3S. The highest BCUT2D eigenvalue weighted by Crippen LogP contribution is 2.36. The van der Waals surface area contributed by atoms with Crippen molar-refractivity contribution >= 4 is 34.5 Å². The van der Waals surface area contributed by atoms with E-state index in [0.29, 0.717) is 60.8 Å². The number of carbonyl (C=O) groups excluding carboxylic acids is 2. The fraction of sp³-hybridized carbons (Fsp3) is 0.400. The molecule has 0 saturated carbocycles. The molecule has 0 aliphatic carbocycles. The van der Waals surface area contributed by atoms with Crippen LogP contribution >= 0.6 is 11.3 Å². The molecule has 1 saturated heterocycles. The molecule has 3 aromatic heterocycles. The fourth-order valence-electron chi connectivity index (χ4n) is 5.97. The summed E-state index contributed by atoms with van der Waals surface area (Å²) in [5.41, 5.74) is 3.82. The van der Waals surface area contributed by atoms with Crippen LogP contribution in [0.3, 0.4) is 0 Å². The van der Waals surface area contributed by atoms with Crippen molar-refractivity contribution in [3.8, 4) is 11.3 Å². The molecule has 1 amide bonds. The SMILES string of the molecule is CCc1cc(C(=O)N2CCc3sccc3[C@H]2C)nc2cc(-c3ccc(N4CCC(C)(C(=O)OC)C4)cc3F)nn12. The molecule has 0 bridgehead atoms. The predicted molar refractivity (Wildman–Crippen MR) is 152 cm³/mol. The summed E-state index contributed by atoms with van der Waals surface area (Å²) < 4.78 is 22.1. The number of anilines is 1. The Labute approximate surface area is 236 Å². The average Bonchev–Trinajstić information content (AvgIpc) is 3.70. The number of aryl methyl sites for hydroxylation is 1. The van der Waals surface area contributed by atoms with Gasteiger partial charge in [-0.1, -0.05) is 6.92 Å². The van der Waals surface area contributed by atoms with Gasteiger partial charge < -0.3 is 14.5 Å². The monoisotopic (exact) mass is 561 g/mol. The van der Waals surface area contributed by atoms with Gasteiger partial charge in [-0.15, -0.1) is 11.3 Å². The molecule has 0 N–H and O–H groups in total. The Bertz CT molecular complexity index is 1630. The summed E-state index contributed by atoms with van der Waals surface area (Å²) in [6.45, 7) is 7.70. The molecule has 4 aromatic rings. The number of hydrogen-bond donors (Lipinski definition) is 0. The van der Waals surface area contributed by atoms with Crippen LogP contribution in [-0.4, -0.2) is 58.1 Å². The number of halogens is 1. The lowest BCUT2D eigenvalue weighted by Gasteiger charge is -2.33. The molecule has 1 fully saturated rings. The number of thiophene rings is 1. The number of nitrogens with zero attached hydrogens (tertiary/aromatic N) is 5. The van der Waals surface area contributed by atoms with Gasteiger partial charge in [0, 0.05) is 47.5 Å². The molecule has 1 aromatic carbocycles. The Hall–Kier alpha value is -3.79. The summed E-state index contributed by atoms with van der Waals surface area (Å²) in [7, 11) is 1.39. The van der Waals surface area contributed by atoms with E-state index in [1.54, 1.807) is 34.1 Å². The molecule has 40 heavy (non-hydrogen) atoms. The molecule has 1 unspecified atom stereocenters. The lowest BCUT2D eigenvalue weighted by Crippen LogP contribution is -2.38. The highest BCUT2D eigenvalue weighted by molar-refractivity contribution is 7.10. The summed E-state index contributed by atoms with van der Waals surface area (Å²) in [5.74, 6) is -0.764. The van der Waals surface area contributed by atoms with Crippen molar-refractivity contribution in [1.29, 1.82) is 0 Å². The smallest absolute Gasteiger partial charge is 0.313 e. The van der Waals surface area contributed by atoms with E-state index in [0.717, 1.165) is 12.1 Å². The second-order valence-electron chi connectivity index (χ2n) is 10.9. The number of methoxy groups -OCH3 is 1. The van der Waals surface area contributed by atoms with Crippen molar-refractivity contribution in [3.63, 3.8) is 0 Å². The van der Waals surface area contributed by atoms with Crippen molar-refractivity contribution in [1.82, 2.24) is 19.5 Å². The van der Waals surface area contributed by atoms with Crippen LogP contribution in [-0.2, 0) is 22.4 Å². The minimum Gasteiger partial charge on any atom is -0.469 e. The van der Waals surface area contributed by atoms with Gasteiger partial charge in [-0.25, -0.2) is 13.9 Å². The third kappa shape index (κ3) is 4.34. The van der Waals surface area contributed by atoms with Gasteiger partial charge in [0.1, 0.15) is 11.5 Å². The molecule has 2 atom stereocenters. The van der Waals surface area contributed by atoms with E-state index in [-0.39, 0.29) is 17.9 Å². The maximum absolute atomic E-state index is 15.5. The van der Waals surface area contributed by atoms with Gasteiger partial charge in [-0.2, -0.15) is 5.10 Å². The van der Waals surface area contributed by atoms with E-state index in [1.165, 1.54) is 23.6 Å². The Balaban J connectivity index is 1.29. The Morgan fingerprint density at radius 3 is 2.77 bits per heavy atom. The maximum atomic E-state index is 15.5. The summed E-state index contributed by atoms with van der Waals surface area (Å²) >= 11 is 1.74. The predicted octanol–water partition coefficient (Wildman–Crippen LogP) is 5.31. The van der Waals surface area contributed by atoms with Crippen molar-refractivity contribution in [2.75, 3.05) is 31.6 Å². The first-order valence-electron chi connectivity index (χ1n) is 13.6. The molecule has 5 heterocycles. The van der Waals surface area contributed by atoms with E-state index < -0.39 is 11.2 Å². The van der Waals surface area contributed by atoms with Gasteiger partial charge in [0.15, 0.2) is 5.65 Å². The summed E-state index contributed by atoms with van der Waals surface area (Å²) in [5, 5.41) is 6.75. The van der Waals surface area contributed by atoms with Crippen LogP contribution in [0.1, 0.15) is 59.9 Å². The third-order valence-corrected chi connectivity index (χ3v) is 9.36. The fourth-order valence-corrected chi connectivity index (χ4v) is 6.93. The first kappa shape index (κ1) is 26.4. The Morgan fingerprint density at radius 2 is 2.02 bits per heavy atom. The first-order chi connectivity index (χ1) is 19.2. The topological polar surface area (TPSA) is 80.0 Å². The number of benzene rings is 1. The number of esters is 1. The Kier molecular flexibility index (Phi) is 6.60.